The van der Waals surface area contributed by atoms with Gasteiger partial charge in [-0.25, -0.2) is 4.39 Å². The average molecular weight is 852 g/mol. The average Bonchev–Trinajstić information content (AvgIpc) is 3.68. The van der Waals surface area contributed by atoms with Crippen LogP contribution in [0.3, 0.4) is 0 Å². The predicted molar refractivity (Wildman–Crippen MR) is 234 cm³/mol. The lowest BCUT2D eigenvalue weighted by Gasteiger charge is -2.19. The quantitative estimate of drug-likeness (QED) is 0.0600. The molecule has 1 aliphatic rings. The fourth-order valence-electron chi connectivity index (χ4n) is 7.15. The number of likely N-dealkylation sites (N-methyl/N-ethyl adjacent to an activating group) is 1. The molecule has 5 amide bonds. The molecule has 0 saturated heterocycles. The minimum absolute atomic E-state index is 0.108. The number of hydrogen-bond acceptors (Lipinski definition) is 8. The van der Waals surface area contributed by atoms with Gasteiger partial charge in [0.15, 0.2) is 0 Å². The number of ether oxygens (including phenoxy) is 1. The molecule has 1 aliphatic heterocycles. The first kappa shape index (κ1) is 46.3. The highest BCUT2D eigenvalue weighted by Crippen LogP contribution is 2.40. The van der Waals surface area contributed by atoms with E-state index in [4.69, 9.17) is 4.74 Å². The summed E-state index contributed by atoms with van der Waals surface area (Å²) in [6.07, 6.45) is 0.709. The molecule has 2 heterocycles. The van der Waals surface area contributed by atoms with Crippen molar-refractivity contribution in [3.05, 3.63) is 112 Å². The van der Waals surface area contributed by atoms with Crippen molar-refractivity contribution in [2.45, 2.75) is 72.5 Å². The monoisotopic (exact) mass is 851 g/mol. The van der Waals surface area contributed by atoms with E-state index in [0.717, 1.165) is 18.7 Å². The Kier molecular flexibility index (Phi) is 16.1. The van der Waals surface area contributed by atoms with Crippen molar-refractivity contribution in [1.29, 1.82) is 0 Å². The molecule has 0 radical (unpaired) electrons. The van der Waals surface area contributed by atoms with Crippen molar-refractivity contribution < 1.29 is 43.0 Å². The summed E-state index contributed by atoms with van der Waals surface area (Å²) in [6, 6.07) is 16.7. The number of amides is 5. The lowest BCUT2D eigenvalue weighted by Crippen LogP contribution is -2.44. The Morgan fingerprint density at radius 2 is 1.58 bits per heavy atom. The summed E-state index contributed by atoms with van der Waals surface area (Å²) in [5.41, 5.74) is 5.38. The van der Waals surface area contributed by atoms with E-state index in [1.807, 2.05) is 0 Å². The number of carboxylic acid groups (broad SMARTS) is 1. The number of carbonyl (C=O) groups is 6. The molecule has 1 aromatic heterocycles. The first-order valence-electron chi connectivity index (χ1n) is 20.5. The van der Waals surface area contributed by atoms with E-state index in [1.54, 1.807) is 81.6 Å². The molecule has 0 unspecified atom stereocenters. The van der Waals surface area contributed by atoms with Crippen LogP contribution in [-0.2, 0) is 37.1 Å². The summed E-state index contributed by atoms with van der Waals surface area (Å²) >= 11 is 0. The number of aromatic nitrogens is 1. The second-order valence-corrected chi connectivity index (χ2v) is 14.9. The zero-order valence-electron chi connectivity index (χ0n) is 35.7. The van der Waals surface area contributed by atoms with Crippen LogP contribution in [0.5, 0.6) is 5.75 Å². The predicted octanol–water partition coefficient (Wildman–Crippen LogP) is 5.32. The molecular weight excluding hydrogens is 798 g/mol. The molecule has 4 aromatic rings. The van der Waals surface area contributed by atoms with E-state index in [-0.39, 0.29) is 62.1 Å². The SMILES string of the molecule is CCN(CC)CCNC(=O)c1c(C)[nH]c(/C=C2\C(=O)N(Cc3ccc(NC(=O)[C@H](CCC(=O)O)NC(=O)CCC(=O)NCc4ccc(OC)cc4)cc3)c3ccc(F)cc32)c1C. The van der Waals surface area contributed by atoms with Crippen LogP contribution in [0, 0.1) is 19.7 Å². The number of anilines is 2. The molecule has 16 heteroatoms. The molecule has 0 aliphatic carbocycles. The number of hydrogen-bond donors (Lipinski definition) is 6. The Morgan fingerprint density at radius 3 is 2.24 bits per heavy atom. The summed E-state index contributed by atoms with van der Waals surface area (Å²) in [7, 11) is 1.55. The van der Waals surface area contributed by atoms with Crippen LogP contribution in [0.25, 0.3) is 11.6 Å². The number of carboxylic acids is 1. The number of nitrogens with one attached hydrogen (secondary N) is 5. The van der Waals surface area contributed by atoms with Gasteiger partial charge in [-0.15, -0.1) is 0 Å². The van der Waals surface area contributed by atoms with Gasteiger partial charge in [-0.3, -0.25) is 28.8 Å². The van der Waals surface area contributed by atoms with E-state index >= 15 is 0 Å². The van der Waals surface area contributed by atoms with Crippen molar-refractivity contribution in [2.24, 2.45) is 0 Å². The van der Waals surface area contributed by atoms with E-state index in [9.17, 15) is 38.3 Å². The van der Waals surface area contributed by atoms with Gasteiger partial charge in [0.25, 0.3) is 11.8 Å². The van der Waals surface area contributed by atoms with Crippen LogP contribution >= 0.6 is 0 Å². The van der Waals surface area contributed by atoms with E-state index in [0.29, 0.717) is 63.9 Å². The van der Waals surface area contributed by atoms with Crippen molar-refractivity contribution in [3.8, 4) is 5.75 Å². The third-order valence-corrected chi connectivity index (χ3v) is 10.7. The van der Waals surface area contributed by atoms with Gasteiger partial charge in [0.05, 0.1) is 30.5 Å². The van der Waals surface area contributed by atoms with Crippen LogP contribution < -0.4 is 30.9 Å². The zero-order valence-corrected chi connectivity index (χ0v) is 35.7. The number of carbonyl (C=O) groups excluding carboxylic acids is 5. The zero-order chi connectivity index (χ0) is 44.9. The minimum atomic E-state index is -1.19. The number of methoxy groups -OCH3 is 1. The molecule has 1 atom stereocenters. The molecule has 0 spiro atoms. The lowest BCUT2D eigenvalue weighted by atomic mass is 10.0. The van der Waals surface area contributed by atoms with Gasteiger partial charge in [0.1, 0.15) is 17.6 Å². The fraction of sp³-hybridized carbons (Fsp3) is 0.348. The molecule has 3 aromatic carbocycles. The van der Waals surface area contributed by atoms with Gasteiger partial charge in [0.2, 0.25) is 17.7 Å². The van der Waals surface area contributed by atoms with Gasteiger partial charge < -0.3 is 45.9 Å². The van der Waals surface area contributed by atoms with Crippen LogP contribution in [0.15, 0.2) is 66.7 Å². The number of H-pyrrole nitrogens is 1. The molecule has 0 fully saturated rings. The Morgan fingerprint density at radius 1 is 0.903 bits per heavy atom. The van der Waals surface area contributed by atoms with Gasteiger partial charge in [0, 0.05) is 61.5 Å². The van der Waals surface area contributed by atoms with Crippen molar-refractivity contribution in [1.82, 2.24) is 25.8 Å². The standard InChI is InChI=1S/C46H54FN7O8/c1-6-53(7-2)23-22-48-45(60)43-28(3)38(50-29(43)4)25-36-35-24-32(47)12-18-39(35)54(46(36)61)27-31-8-13-33(14-9-31)51-44(59)37(17-21-42(57)58)52-41(56)20-19-40(55)49-26-30-10-15-34(62-5)16-11-30/h8-16,18,24-25,37,50H,6-7,17,19-23,26-27H2,1-5H3,(H,48,60)(H,49,55)(H,51,59)(H,52,56)(H,57,58)/b36-25-/t37-/m0/s1. The summed E-state index contributed by atoms with van der Waals surface area (Å²) < 4.78 is 19.8. The van der Waals surface area contributed by atoms with E-state index < -0.39 is 29.6 Å². The van der Waals surface area contributed by atoms with Crippen LogP contribution in [0.2, 0.25) is 0 Å². The maximum atomic E-state index is 14.6. The number of rotatable bonds is 21. The third-order valence-electron chi connectivity index (χ3n) is 10.7. The molecule has 0 bridgehead atoms. The highest BCUT2D eigenvalue weighted by atomic mass is 19.1. The molecule has 5 rings (SSSR count). The number of halogens is 1. The van der Waals surface area contributed by atoms with Crippen molar-refractivity contribution in [2.75, 3.05) is 43.5 Å². The van der Waals surface area contributed by atoms with Crippen molar-refractivity contribution in [3.63, 3.8) is 0 Å². The first-order valence-corrected chi connectivity index (χ1v) is 20.5. The molecule has 62 heavy (non-hydrogen) atoms. The fourth-order valence-corrected chi connectivity index (χ4v) is 7.15. The Balaban J connectivity index is 1.21. The summed E-state index contributed by atoms with van der Waals surface area (Å²) in [5.74, 6) is -3.19. The van der Waals surface area contributed by atoms with E-state index in [1.165, 1.54) is 17.0 Å². The normalized spacial score (nSPS) is 13.2. The Hall–Kier alpha value is -6.81. The van der Waals surface area contributed by atoms with Gasteiger partial charge in [-0.1, -0.05) is 38.1 Å². The van der Waals surface area contributed by atoms with E-state index in [2.05, 4.69) is 45.0 Å². The second kappa shape index (κ2) is 21.6. The van der Waals surface area contributed by atoms with Gasteiger partial charge >= 0.3 is 5.97 Å². The topological polar surface area (TPSA) is 202 Å². The number of aliphatic carboxylic acids is 1. The molecular formula is C46H54FN7O8. The van der Waals surface area contributed by atoms with Gasteiger partial charge in [-0.2, -0.15) is 0 Å². The van der Waals surface area contributed by atoms with Crippen LogP contribution in [0.1, 0.15) is 83.5 Å². The molecule has 0 saturated carbocycles. The molecule has 15 nitrogen and oxygen atoms in total. The number of benzene rings is 3. The minimum Gasteiger partial charge on any atom is -0.497 e. The van der Waals surface area contributed by atoms with Crippen molar-refractivity contribution >= 4 is 58.5 Å². The smallest absolute Gasteiger partial charge is 0.303 e. The van der Waals surface area contributed by atoms with Gasteiger partial charge in [-0.05, 0) is 98.6 Å². The third kappa shape index (κ3) is 12.2. The number of fused-ring (bicyclic) bond motifs is 1. The summed E-state index contributed by atoms with van der Waals surface area (Å²) in [6.45, 7) is 11.0. The highest BCUT2D eigenvalue weighted by molar-refractivity contribution is 6.35. The van der Waals surface area contributed by atoms with Crippen LogP contribution in [-0.4, -0.2) is 89.8 Å². The van der Waals surface area contributed by atoms with Crippen LogP contribution in [0.4, 0.5) is 15.8 Å². The summed E-state index contributed by atoms with van der Waals surface area (Å²) in [4.78, 5) is 84.1. The molecule has 328 valence electrons. The number of aromatic amines is 1. The Bertz CT molecular complexity index is 2300. The maximum Gasteiger partial charge on any atom is 0.303 e. The number of aryl methyl sites for hydroxylation is 1. The Labute approximate surface area is 360 Å². The summed E-state index contributed by atoms with van der Waals surface area (Å²) in [5, 5.41) is 20.3. The second-order valence-electron chi connectivity index (χ2n) is 14.9. The highest BCUT2D eigenvalue weighted by Gasteiger charge is 2.33. The number of nitrogens with zero attached hydrogens (tertiary/aromatic N) is 2. The maximum absolute atomic E-state index is 14.6. The first-order chi connectivity index (χ1) is 29.7. The lowest BCUT2D eigenvalue weighted by molar-refractivity contribution is -0.137. The molecule has 6 N–H and O–H groups in total. The largest absolute Gasteiger partial charge is 0.497 e.